The molecule has 2 aromatic rings. The second kappa shape index (κ2) is 5.76. The van der Waals surface area contributed by atoms with Gasteiger partial charge in [0.15, 0.2) is 5.75 Å². The fraction of sp³-hybridized carbons (Fsp3) is 0.308. The third kappa shape index (κ3) is 3.11. The molecule has 0 unspecified atom stereocenters. The SMILES string of the molecule is CCn1ccc2c(OS(=O)(=O)C(F)(F)F)cc(C(=O)OC)cc21. The number of aromatic nitrogens is 1. The highest BCUT2D eigenvalue weighted by atomic mass is 32.2. The lowest BCUT2D eigenvalue weighted by Gasteiger charge is -2.12. The van der Waals surface area contributed by atoms with Crippen molar-refractivity contribution in [3.8, 4) is 5.75 Å². The molecule has 10 heteroatoms. The lowest BCUT2D eigenvalue weighted by molar-refractivity contribution is -0.0499. The number of alkyl halides is 3. The molecule has 0 amide bonds. The molecule has 1 aromatic heterocycles. The summed E-state index contributed by atoms with van der Waals surface area (Å²) in [6.07, 6.45) is 1.54. The van der Waals surface area contributed by atoms with Crippen LogP contribution in [-0.4, -0.2) is 31.6 Å². The zero-order chi connectivity index (χ0) is 17.4. The van der Waals surface area contributed by atoms with Crippen molar-refractivity contribution in [1.82, 2.24) is 4.57 Å². The predicted molar refractivity (Wildman–Crippen MR) is 74.6 cm³/mol. The van der Waals surface area contributed by atoms with Gasteiger partial charge in [-0.05, 0) is 25.1 Å². The number of ether oxygens (including phenoxy) is 1. The molecule has 0 spiro atoms. The van der Waals surface area contributed by atoms with Crippen LogP contribution in [0.1, 0.15) is 17.3 Å². The van der Waals surface area contributed by atoms with Crippen molar-refractivity contribution in [2.45, 2.75) is 19.0 Å². The average Bonchev–Trinajstić information content (AvgIpc) is 2.88. The van der Waals surface area contributed by atoms with Crippen molar-refractivity contribution < 1.29 is 35.3 Å². The Labute approximate surface area is 129 Å². The summed E-state index contributed by atoms with van der Waals surface area (Å²) in [6.45, 7) is 2.23. The monoisotopic (exact) mass is 351 g/mol. The van der Waals surface area contributed by atoms with Crippen LogP contribution in [0.25, 0.3) is 10.9 Å². The molecule has 1 heterocycles. The number of benzene rings is 1. The van der Waals surface area contributed by atoms with Gasteiger partial charge in [-0.25, -0.2) is 4.79 Å². The van der Waals surface area contributed by atoms with Crippen LogP contribution in [0.2, 0.25) is 0 Å². The number of fused-ring (bicyclic) bond motifs is 1. The number of carbonyl (C=O) groups is 1. The van der Waals surface area contributed by atoms with Crippen molar-refractivity contribution in [2.24, 2.45) is 0 Å². The van der Waals surface area contributed by atoms with Crippen molar-refractivity contribution in [1.29, 1.82) is 0 Å². The first-order valence-corrected chi connectivity index (χ1v) is 7.73. The first-order chi connectivity index (χ1) is 10.6. The number of halogens is 3. The molecule has 0 atom stereocenters. The molecule has 0 N–H and O–H groups in total. The van der Waals surface area contributed by atoms with Crippen LogP contribution in [0.3, 0.4) is 0 Å². The highest BCUT2D eigenvalue weighted by Gasteiger charge is 2.48. The molecular formula is C13H12F3NO5S. The van der Waals surface area contributed by atoms with E-state index in [1.807, 2.05) is 0 Å². The molecular weight excluding hydrogens is 339 g/mol. The van der Waals surface area contributed by atoms with E-state index in [9.17, 15) is 26.4 Å². The molecule has 23 heavy (non-hydrogen) atoms. The average molecular weight is 351 g/mol. The Morgan fingerprint density at radius 1 is 1.30 bits per heavy atom. The van der Waals surface area contributed by atoms with E-state index in [0.29, 0.717) is 12.1 Å². The van der Waals surface area contributed by atoms with Crippen molar-refractivity contribution >= 4 is 27.0 Å². The summed E-state index contributed by atoms with van der Waals surface area (Å²) in [5.41, 5.74) is -5.35. The fourth-order valence-corrected chi connectivity index (χ4v) is 2.48. The maximum Gasteiger partial charge on any atom is 0.534 e. The smallest absolute Gasteiger partial charge is 0.465 e. The molecule has 0 bridgehead atoms. The minimum atomic E-state index is -5.85. The Hall–Kier alpha value is -2.23. The van der Waals surface area contributed by atoms with E-state index in [-0.39, 0.29) is 10.9 Å². The minimum Gasteiger partial charge on any atom is -0.465 e. The summed E-state index contributed by atoms with van der Waals surface area (Å²) >= 11 is 0. The molecule has 2 rings (SSSR count). The minimum absolute atomic E-state index is 0.124. The van der Waals surface area contributed by atoms with Gasteiger partial charge in [-0.1, -0.05) is 0 Å². The van der Waals surface area contributed by atoms with Crippen molar-refractivity contribution in [2.75, 3.05) is 7.11 Å². The molecule has 126 valence electrons. The highest BCUT2D eigenvalue weighted by Crippen LogP contribution is 2.33. The van der Waals surface area contributed by atoms with Gasteiger partial charge in [0.1, 0.15) is 0 Å². The van der Waals surface area contributed by atoms with Gasteiger partial charge in [0.25, 0.3) is 0 Å². The number of hydrogen-bond acceptors (Lipinski definition) is 5. The van der Waals surface area contributed by atoms with Gasteiger partial charge in [-0.15, -0.1) is 0 Å². The van der Waals surface area contributed by atoms with Gasteiger partial charge >= 0.3 is 21.6 Å². The Kier molecular flexibility index (Phi) is 4.29. The molecule has 0 aliphatic rings. The van der Waals surface area contributed by atoms with Crippen molar-refractivity contribution in [3.05, 3.63) is 30.0 Å². The first kappa shape index (κ1) is 17.1. The highest BCUT2D eigenvalue weighted by molar-refractivity contribution is 7.88. The third-order valence-electron chi connectivity index (χ3n) is 3.10. The van der Waals surface area contributed by atoms with E-state index >= 15 is 0 Å². The number of esters is 1. The molecule has 0 aliphatic carbocycles. The quantitative estimate of drug-likeness (QED) is 0.481. The van der Waals surface area contributed by atoms with E-state index in [1.54, 1.807) is 17.7 Å². The molecule has 0 saturated heterocycles. The van der Waals surface area contributed by atoms with E-state index in [0.717, 1.165) is 13.2 Å². The van der Waals surface area contributed by atoms with Gasteiger partial charge in [0, 0.05) is 18.1 Å². The summed E-state index contributed by atoms with van der Waals surface area (Å²) < 4.78 is 70.3. The summed E-state index contributed by atoms with van der Waals surface area (Å²) in [5.74, 6) is -1.42. The largest absolute Gasteiger partial charge is 0.534 e. The van der Waals surface area contributed by atoms with Gasteiger partial charge in [-0.3, -0.25) is 0 Å². The van der Waals surface area contributed by atoms with Gasteiger partial charge in [0.05, 0.1) is 18.2 Å². The topological polar surface area (TPSA) is 74.6 Å². The zero-order valence-corrected chi connectivity index (χ0v) is 12.9. The first-order valence-electron chi connectivity index (χ1n) is 6.32. The second-order valence-corrected chi connectivity index (χ2v) is 6.02. The Morgan fingerprint density at radius 2 is 1.96 bits per heavy atom. The maximum absolute atomic E-state index is 12.5. The molecule has 0 radical (unpaired) electrons. The number of nitrogens with zero attached hydrogens (tertiary/aromatic N) is 1. The van der Waals surface area contributed by atoms with Crippen LogP contribution < -0.4 is 4.18 Å². The van der Waals surface area contributed by atoms with Crippen molar-refractivity contribution in [3.63, 3.8) is 0 Å². The molecule has 6 nitrogen and oxygen atoms in total. The molecule has 0 saturated carbocycles. The summed E-state index contributed by atoms with van der Waals surface area (Å²) in [6, 6.07) is 3.69. The van der Waals surface area contributed by atoms with Crippen LogP contribution >= 0.6 is 0 Å². The standard InChI is InChI=1S/C13H12F3NO5S/c1-3-17-5-4-9-10(17)6-8(12(18)21-2)7-11(9)22-23(19,20)13(14,15)16/h4-7H,3H2,1-2H3. The molecule has 0 aliphatic heterocycles. The number of carbonyl (C=O) groups excluding carboxylic acids is 1. The number of rotatable bonds is 4. The van der Waals surface area contributed by atoms with E-state index in [1.165, 1.54) is 12.1 Å². The zero-order valence-electron chi connectivity index (χ0n) is 12.0. The lowest BCUT2D eigenvalue weighted by atomic mass is 10.1. The van der Waals surface area contributed by atoms with Crippen LogP contribution in [0.15, 0.2) is 24.4 Å². The third-order valence-corrected chi connectivity index (χ3v) is 4.06. The Morgan fingerprint density at radius 3 is 2.48 bits per heavy atom. The summed E-state index contributed by atoms with van der Waals surface area (Å²) in [5, 5.41) is 0.132. The van der Waals surface area contributed by atoms with E-state index < -0.39 is 27.3 Å². The normalized spacial score (nSPS) is 12.4. The van der Waals surface area contributed by atoms with Crippen LogP contribution in [0.5, 0.6) is 5.75 Å². The van der Waals surface area contributed by atoms with Gasteiger partial charge < -0.3 is 13.5 Å². The fourth-order valence-electron chi connectivity index (χ4n) is 2.01. The maximum atomic E-state index is 12.5. The number of hydrogen-bond donors (Lipinski definition) is 0. The number of aryl methyl sites for hydroxylation is 1. The number of methoxy groups -OCH3 is 1. The van der Waals surface area contributed by atoms with E-state index in [4.69, 9.17) is 0 Å². The second-order valence-electron chi connectivity index (χ2n) is 4.48. The van der Waals surface area contributed by atoms with Gasteiger partial charge in [0.2, 0.25) is 0 Å². The molecule has 1 aromatic carbocycles. The predicted octanol–water partition coefficient (Wildman–Crippen LogP) is 2.68. The van der Waals surface area contributed by atoms with Crippen LogP contribution in [-0.2, 0) is 21.4 Å². The summed E-state index contributed by atoms with van der Waals surface area (Å²) in [7, 11) is -4.75. The summed E-state index contributed by atoms with van der Waals surface area (Å²) in [4.78, 5) is 11.6. The Bertz CT molecular complexity index is 854. The molecule has 0 fully saturated rings. The Balaban J connectivity index is 2.67. The van der Waals surface area contributed by atoms with E-state index in [2.05, 4.69) is 8.92 Å². The van der Waals surface area contributed by atoms with Crippen LogP contribution in [0, 0.1) is 0 Å². The lowest BCUT2D eigenvalue weighted by Crippen LogP contribution is -2.28. The van der Waals surface area contributed by atoms with Crippen LogP contribution in [0.4, 0.5) is 13.2 Å². The van der Waals surface area contributed by atoms with Gasteiger partial charge in [-0.2, -0.15) is 21.6 Å².